The molecule has 0 radical (unpaired) electrons. The van der Waals surface area contributed by atoms with E-state index in [1.807, 2.05) is 49.5 Å². The van der Waals surface area contributed by atoms with Gasteiger partial charge in [0.25, 0.3) is 0 Å². The fourth-order valence-electron chi connectivity index (χ4n) is 2.15. The molecular weight excluding hydrogens is 338 g/mol. The first-order valence-corrected chi connectivity index (χ1v) is 7.43. The zero-order valence-electron chi connectivity index (χ0n) is 11.3. The molecule has 0 spiro atoms. The smallest absolute Gasteiger partial charge is 0.152 e. The molecule has 0 amide bonds. The second-order valence-corrected chi connectivity index (χ2v) is 5.95. The Balaban J connectivity index is 2.41. The fraction of sp³-hybridized carbons (Fsp3) is 0.188. The molecular formula is C16H15BrClNO. The number of hydrogen-bond acceptors (Lipinski definition) is 2. The van der Waals surface area contributed by atoms with Crippen molar-refractivity contribution in [3.8, 4) is 0 Å². The summed E-state index contributed by atoms with van der Waals surface area (Å²) >= 11 is 9.70. The molecule has 0 saturated heterocycles. The Hall–Kier alpha value is -1.32. The predicted molar refractivity (Wildman–Crippen MR) is 87.8 cm³/mol. The zero-order chi connectivity index (χ0) is 14.7. The Morgan fingerprint density at radius 3 is 2.60 bits per heavy atom. The number of halogens is 2. The van der Waals surface area contributed by atoms with Crippen molar-refractivity contribution in [3.63, 3.8) is 0 Å². The number of anilines is 1. The summed E-state index contributed by atoms with van der Waals surface area (Å²) in [4.78, 5) is 13.3. The Labute approximate surface area is 132 Å². The van der Waals surface area contributed by atoms with Crippen LogP contribution in [0.5, 0.6) is 0 Å². The monoisotopic (exact) mass is 351 g/mol. The van der Waals surface area contributed by atoms with Crippen molar-refractivity contribution in [1.82, 2.24) is 0 Å². The minimum atomic E-state index is 0.0664. The lowest BCUT2D eigenvalue weighted by molar-refractivity contribution is 0.112. The Bertz CT molecular complexity index is 630. The van der Waals surface area contributed by atoms with Gasteiger partial charge in [0, 0.05) is 27.8 Å². The summed E-state index contributed by atoms with van der Waals surface area (Å²) in [5.41, 5.74) is 2.57. The summed E-state index contributed by atoms with van der Waals surface area (Å²) in [7, 11) is 1.96. The first kappa shape index (κ1) is 15.1. The summed E-state index contributed by atoms with van der Waals surface area (Å²) in [6.45, 7) is 2.07. The zero-order valence-corrected chi connectivity index (χ0v) is 13.6. The molecule has 104 valence electrons. The van der Waals surface area contributed by atoms with Gasteiger partial charge in [0.15, 0.2) is 6.29 Å². The average Bonchev–Trinajstić information content (AvgIpc) is 2.46. The number of nitrogens with zero attached hydrogens (tertiary/aromatic N) is 1. The van der Waals surface area contributed by atoms with Crippen LogP contribution < -0.4 is 4.90 Å². The van der Waals surface area contributed by atoms with Crippen LogP contribution in [0.3, 0.4) is 0 Å². The third kappa shape index (κ3) is 3.05. The minimum Gasteiger partial charge on any atom is -0.367 e. The van der Waals surface area contributed by atoms with Gasteiger partial charge < -0.3 is 4.90 Å². The maximum atomic E-state index is 11.2. The summed E-state index contributed by atoms with van der Waals surface area (Å²) in [5, 5.41) is 0.731. The highest BCUT2D eigenvalue weighted by Crippen LogP contribution is 2.32. The van der Waals surface area contributed by atoms with Crippen molar-refractivity contribution >= 4 is 39.5 Å². The van der Waals surface area contributed by atoms with Crippen molar-refractivity contribution < 1.29 is 4.79 Å². The van der Waals surface area contributed by atoms with Crippen LogP contribution in [0.25, 0.3) is 0 Å². The third-order valence-corrected chi connectivity index (χ3v) is 4.27. The average molecular weight is 353 g/mol. The van der Waals surface area contributed by atoms with Gasteiger partial charge in [-0.15, -0.1) is 0 Å². The maximum absolute atomic E-state index is 11.2. The highest BCUT2D eigenvalue weighted by molar-refractivity contribution is 9.10. The van der Waals surface area contributed by atoms with E-state index in [2.05, 4.69) is 27.8 Å². The molecule has 1 atom stereocenters. The molecule has 0 aromatic heterocycles. The molecule has 0 aliphatic heterocycles. The standard InChI is InChI=1S/C16H15BrClNO/c1-11(14-5-3-4-6-15(14)18)19(2)16-9-13(17)8-7-12(16)10-20/h3-11H,1-2H3. The largest absolute Gasteiger partial charge is 0.367 e. The normalized spacial score (nSPS) is 12.0. The van der Waals surface area contributed by atoms with E-state index < -0.39 is 0 Å². The van der Waals surface area contributed by atoms with E-state index in [1.165, 1.54) is 0 Å². The quantitative estimate of drug-likeness (QED) is 0.712. The Morgan fingerprint density at radius 2 is 1.95 bits per heavy atom. The molecule has 0 fully saturated rings. The topological polar surface area (TPSA) is 20.3 Å². The molecule has 0 aliphatic carbocycles. The van der Waals surface area contributed by atoms with Gasteiger partial charge >= 0.3 is 0 Å². The van der Waals surface area contributed by atoms with E-state index in [0.717, 1.165) is 27.0 Å². The van der Waals surface area contributed by atoms with Crippen molar-refractivity contribution in [2.45, 2.75) is 13.0 Å². The van der Waals surface area contributed by atoms with Crippen LogP contribution in [-0.4, -0.2) is 13.3 Å². The van der Waals surface area contributed by atoms with E-state index in [4.69, 9.17) is 11.6 Å². The number of hydrogen-bond donors (Lipinski definition) is 0. The molecule has 0 heterocycles. The summed E-state index contributed by atoms with van der Waals surface area (Å²) in [6.07, 6.45) is 0.873. The van der Waals surface area contributed by atoms with E-state index in [0.29, 0.717) is 5.56 Å². The Morgan fingerprint density at radius 1 is 1.25 bits per heavy atom. The van der Waals surface area contributed by atoms with Crippen molar-refractivity contribution in [2.24, 2.45) is 0 Å². The van der Waals surface area contributed by atoms with Gasteiger partial charge in [0.1, 0.15) is 0 Å². The molecule has 1 unspecified atom stereocenters. The van der Waals surface area contributed by atoms with Crippen molar-refractivity contribution in [2.75, 3.05) is 11.9 Å². The molecule has 2 aromatic rings. The van der Waals surface area contributed by atoms with Gasteiger partial charge in [0.05, 0.1) is 6.04 Å². The number of carbonyl (C=O) groups is 1. The molecule has 0 bridgehead atoms. The van der Waals surface area contributed by atoms with Crippen LogP contribution in [0.4, 0.5) is 5.69 Å². The first-order valence-electron chi connectivity index (χ1n) is 6.26. The van der Waals surface area contributed by atoms with Crippen LogP contribution in [-0.2, 0) is 0 Å². The van der Waals surface area contributed by atoms with E-state index in [1.54, 1.807) is 0 Å². The maximum Gasteiger partial charge on any atom is 0.152 e. The van der Waals surface area contributed by atoms with E-state index in [-0.39, 0.29) is 6.04 Å². The minimum absolute atomic E-state index is 0.0664. The number of benzene rings is 2. The second kappa shape index (κ2) is 6.42. The molecule has 20 heavy (non-hydrogen) atoms. The van der Waals surface area contributed by atoms with Gasteiger partial charge in [0.2, 0.25) is 0 Å². The summed E-state index contributed by atoms with van der Waals surface area (Å²) in [5.74, 6) is 0. The Kier molecular flexibility index (Phi) is 4.84. The van der Waals surface area contributed by atoms with Gasteiger partial charge in [-0.05, 0) is 36.8 Å². The number of rotatable bonds is 4. The highest BCUT2D eigenvalue weighted by Gasteiger charge is 2.17. The lowest BCUT2D eigenvalue weighted by Crippen LogP contribution is -2.23. The third-order valence-electron chi connectivity index (χ3n) is 3.44. The van der Waals surface area contributed by atoms with Crippen LogP contribution in [0.15, 0.2) is 46.9 Å². The fourth-order valence-corrected chi connectivity index (χ4v) is 2.80. The van der Waals surface area contributed by atoms with Gasteiger partial charge in [-0.1, -0.05) is 45.7 Å². The molecule has 0 N–H and O–H groups in total. The van der Waals surface area contributed by atoms with Crippen molar-refractivity contribution in [1.29, 1.82) is 0 Å². The van der Waals surface area contributed by atoms with E-state index in [9.17, 15) is 4.79 Å². The van der Waals surface area contributed by atoms with Crippen LogP contribution in [0.2, 0.25) is 5.02 Å². The molecule has 0 saturated carbocycles. The second-order valence-electron chi connectivity index (χ2n) is 4.63. The van der Waals surface area contributed by atoms with Crippen LogP contribution in [0, 0.1) is 0 Å². The van der Waals surface area contributed by atoms with Gasteiger partial charge in [-0.25, -0.2) is 0 Å². The first-order chi connectivity index (χ1) is 9.54. The van der Waals surface area contributed by atoms with Gasteiger partial charge in [-0.2, -0.15) is 0 Å². The number of aldehydes is 1. The van der Waals surface area contributed by atoms with Crippen LogP contribution >= 0.6 is 27.5 Å². The lowest BCUT2D eigenvalue weighted by atomic mass is 10.1. The highest BCUT2D eigenvalue weighted by atomic mass is 79.9. The lowest BCUT2D eigenvalue weighted by Gasteiger charge is -2.29. The molecule has 0 aliphatic rings. The molecule has 2 aromatic carbocycles. The van der Waals surface area contributed by atoms with E-state index >= 15 is 0 Å². The predicted octanol–water partition coefficient (Wildman–Crippen LogP) is 5.11. The molecule has 4 heteroatoms. The molecule has 2 nitrogen and oxygen atoms in total. The van der Waals surface area contributed by atoms with Crippen molar-refractivity contribution in [3.05, 3.63) is 63.1 Å². The van der Waals surface area contributed by atoms with Gasteiger partial charge in [-0.3, -0.25) is 4.79 Å². The van der Waals surface area contributed by atoms with Crippen LogP contribution in [0.1, 0.15) is 28.9 Å². The summed E-state index contributed by atoms with van der Waals surface area (Å²) in [6, 6.07) is 13.4. The summed E-state index contributed by atoms with van der Waals surface area (Å²) < 4.78 is 0.941. The number of carbonyl (C=O) groups excluding carboxylic acids is 1. The molecule has 2 rings (SSSR count). The SMILES string of the molecule is CC(c1ccccc1Cl)N(C)c1cc(Br)ccc1C=O.